The Hall–Kier alpha value is -3.06. The summed E-state index contributed by atoms with van der Waals surface area (Å²) in [4.78, 5) is 24.4. The number of carbonyl (C=O) groups is 2. The van der Waals surface area contributed by atoms with Gasteiger partial charge < -0.3 is 25.4 Å². The number of nitrogens with one attached hydrogen (secondary N) is 3. The smallest absolute Gasteiger partial charge is 0.251 e. The zero-order valence-corrected chi connectivity index (χ0v) is 18.1. The van der Waals surface area contributed by atoms with E-state index in [1.54, 1.807) is 24.3 Å². The van der Waals surface area contributed by atoms with E-state index in [-0.39, 0.29) is 30.5 Å². The fraction of sp³-hybridized carbons (Fsp3) is 0.417. The molecular weight excluding hydrogens is 394 g/mol. The molecular formula is C24H31N3O4. The summed E-state index contributed by atoms with van der Waals surface area (Å²) in [6, 6.07) is 14.5. The van der Waals surface area contributed by atoms with Crippen LogP contribution in [0.2, 0.25) is 0 Å². The monoisotopic (exact) mass is 425 g/mol. The van der Waals surface area contributed by atoms with Crippen LogP contribution >= 0.6 is 0 Å². The first kappa shape index (κ1) is 22.6. The summed E-state index contributed by atoms with van der Waals surface area (Å²) < 4.78 is 11.4. The number of hydrogen-bond donors (Lipinski definition) is 3. The molecule has 3 rings (SSSR count). The summed E-state index contributed by atoms with van der Waals surface area (Å²) in [7, 11) is 0. The van der Waals surface area contributed by atoms with Gasteiger partial charge in [-0.1, -0.05) is 13.0 Å². The minimum absolute atomic E-state index is 0.115. The average Bonchev–Trinajstić information content (AvgIpc) is 3.31. The highest BCUT2D eigenvalue weighted by Gasteiger charge is 2.16. The Kier molecular flexibility index (Phi) is 8.29. The first-order valence-corrected chi connectivity index (χ1v) is 10.8. The Morgan fingerprint density at radius 2 is 1.97 bits per heavy atom. The van der Waals surface area contributed by atoms with Crippen molar-refractivity contribution < 1.29 is 19.1 Å². The molecule has 7 heteroatoms. The number of ether oxygens (including phenoxy) is 2. The summed E-state index contributed by atoms with van der Waals surface area (Å²) in [5.74, 6) is 0.449. The van der Waals surface area contributed by atoms with Gasteiger partial charge >= 0.3 is 0 Å². The molecule has 0 radical (unpaired) electrons. The molecule has 0 bridgehead atoms. The Bertz CT molecular complexity index is 863. The predicted octanol–water partition coefficient (Wildman–Crippen LogP) is 3.82. The highest BCUT2D eigenvalue weighted by molar-refractivity contribution is 5.96. The minimum Gasteiger partial charge on any atom is -0.491 e. The predicted molar refractivity (Wildman–Crippen MR) is 122 cm³/mol. The van der Waals surface area contributed by atoms with Crippen LogP contribution in [0.5, 0.6) is 5.75 Å². The van der Waals surface area contributed by atoms with Gasteiger partial charge in [-0.3, -0.25) is 9.59 Å². The molecule has 166 valence electrons. The second-order valence-corrected chi connectivity index (χ2v) is 7.74. The Balaban J connectivity index is 1.44. The number of benzene rings is 2. The van der Waals surface area contributed by atoms with E-state index in [1.807, 2.05) is 38.1 Å². The molecule has 7 nitrogen and oxygen atoms in total. The third-order valence-electron chi connectivity index (χ3n) is 5.17. The van der Waals surface area contributed by atoms with Gasteiger partial charge in [0.2, 0.25) is 5.91 Å². The number of carbonyl (C=O) groups excluding carboxylic acids is 2. The quantitative estimate of drug-likeness (QED) is 0.539. The molecule has 0 aliphatic carbocycles. The van der Waals surface area contributed by atoms with Gasteiger partial charge in [-0.15, -0.1) is 0 Å². The summed E-state index contributed by atoms with van der Waals surface area (Å²) in [5.41, 5.74) is 2.01. The Morgan fingerprint density at radius 3 is 2.68 bits per heavy atom. The zero-order valence-electron chi connectivity index (χ0n) is 18.1. The van der Waals surface area contributed by atoms with E-state index in [2.05, 4.69) is 16.0 Å². The van der Waals surface area contributed by atoms with Crippen LogP contribution in [0.1, 0.15) is 43.5 Å². The number of hydrogen-bond acceptors (Lipinski definition) is 5. The lowest BCUT2D eigenvalue weighted by atomic mass is 10.1. The van der Waals surface area contributed by atoms with E-state index >= 15 is 0 Å². The second kappa shape index (κ2) is 11.4. The van der Waals surface area contributed by atoms with Crippen LogP contribution in [0.4, 0.5) is 11.4 Å². The summed E-state index contributed by atoms with van der Waals surface area (Å²) in [6.45, 7) is 5.44. The molecule has 1 heterocycles. The van der Waals surface area contributed by atoms with Gasteiger partial charge in [-0.2, -0.15) is 0 Å². The van der Waals surface area contributed by atoms with Crippen LogP contribution < -0.4 is 20.7 Å². The maximum absolute atomic E-state index is 12.3. The normalized spacial score (nSPS) is 16.4. The lowest BCUT2D eigenvalue weighted by Gasteiger charge is -2.13. The molecule has 2 aromatic rings. The lowest BCUT2D eigenvalue weighted by Crippen LogP contribution is -2.31. The molecule has 1 fully saturated rings. The van der Waals surface area contributed by atoms with Crippen molar-refractivity contribution in [3.8, 4) is 5.75 Å². The molecule has 3 N–H and O–H groups in total. The maximum Gasteiger partial charge on any atom is 0.251 e. The van der Waals surface area contributed by atoms with Crippen molar-refractivity contribution in [2.45, 2.75) is 45.3 Å². The van der Waals surface area contributed by atoms with Gasteiger partial charge in [0.25, 0.3) is 5.91 Å². The summed E-state index contributed by atoms with van der Waals surface area (Å²) in [5, 5.41) is 8.85. The van der Waals surface area contributed by atoms with E-state index in [4.69, 9.17) is 9.47 Å². The SMILES string of the molecule is CCC(C)NC(=O)c1ccc(NC(=O)CNc2cccc(OCC3CCCO3)c2)cc1. The second-order valence-electron chi connectivity index (χ2n) is 7.74. The lowest BCUT2D eigenvalue weighted by molar-refractivity contribution is -0.114. The van der Waals surface area contributed by atoms with Crippen LogP contribution in [0, 0.1) is 0 Å². The zero-order chi connectivity index (χ0) is 22.1. The van der Waals surface area contributed by atoms with Gasteiger partial charge in [0.15, 0.2) is 0 Å². The van der Waals surface area contributed by atoms with Crippen LogP contribution in [-0.4, -0.2) is 43.7 Å². The molecule has 1 saturated heterocycles. The van der Waals surface area contributed by atoms with Gasteiger partial charge in [-0.05, 0) is 62.6 Å². The molecule has 2 amide bonds. The van der Waals surface area contributed by atoms with Gasteiger partial charge in [0.1, 0.15) is 12.4 Å². The molecule has 0 saturated carbocycles. The van der Waals surface area contributed by atoms with Crippen molar-refractivity contribution in [3.05, 3.63) is 54.1 Å². The van der Waals surface area contributed by atoms with Crippen molar-refractivity contribution >= 4 is 23.2 Å². The van der Waals surface area contributed by atoms with Crippen molar-refractivity contribution in [3.63, 3.8) is 0 Å². The van der Waals surface area contributed by atoms with E-state index in [1.165, 1.54) is 0 Å². The van der Waals surface area contributed by atoms with Gasteiger partial charge in [0, 0.05) is 35.7 Å². The molecule has 1 aliphatic heterocycles. The summed E-state index contributed by atoms with van der Waals surface area (Å²) in [6.07, 6.45) is 3.15. The fourth-order valence-corrected chi connectivity index (χ4v) is 3.16. The topological polar surface area (TPSA) is 88.7 Å². The minimum atomic E-state index is -0.178. The third-order valence-corrected chi connectivity index (χ3v) is 5.17. The number of rotatable bonds is 10. The van der Waals surface area contributed by atoms with Crippen molar-refractivity contribution in [2.75, 3.05) is 30.4 Å². The standard InChI is InChI=1S/C24H31N3O4/c1-3-17(2)26-24(29)18-9-11-19(12-10-18)27-23(28)15-25-20-6-4-7-21(14-20)31-16-22-8-5-13-30-22/h4,6-7,9-12,14,17,22,25H,3,5,8,13,15-16H2,1-2H3,(H,26,29)(H,27,28). The molecule has 1 aliphatic rings. The maximum atomic E-state index is 12.3. The third kappa shape index (κ3) is 7.29. The van der Waals surface area contributed by atoms with E-state index in [0.717, 1.165) is 37.3 Å². The van der Waals surface area contributed by atoms with Crippen molar-refractivity contribution in [1.29, 1.82) is 0 Å². The van der Waals surface area contributed by atoms with Crippen LogP contribution in [0.3, 0.4) is 0 Å². The number of anilines is 2. The average molecular weight is 426 g/mol. The largest absolute Gasteiger partial charge is 0.491 e. The molecule has 31 heavy (non-hydrogen) atoms. The molecule has 0 spiro atoms. The van der Waals surface area contributed by atoms with E-state index in [0.29, 0.717) is 17.9 Å². The molecule has 0 aromatic heterocycles. The highest BCUT2D eigenvalue weighted by atomic mass is 16.5. The van der Waals surface area contributed by atoms with E-state index < -0.39 is 0 Å². The van der Waals surface area contributed by atoms with Crippen molar-refractivity contribution in [1.82, 2.24) is 5.32 Å². The van der Waals surface area contributed by atoms with E-state index in [9.17, 15) is 9.59 Å². The molecule has 2 unspecified atom stereocenters. The first-order chi connectivity index (χ1) is 15.0. The van der Waals surface area contributed by atoms with Crippen LogP contribution in [0.25, 0.3) is 0 Å². The molecule has 2 atom stereocenters. The highest BCUT2D eigenvalue weighted by Crippen LogP contribution is 2.19. The Labute approximate surface area is 183 Å². The number of amides is 2. The fourth-order valence-electron chi connectivity index (χ4n) is 3.16. The first-order valence-electron chi connectivity index (χ1n) is 10.8. The van der Waals surface area contributed by atoms with Crippen LogP contribution in [0.15, 0.2) is 48.5 Å². The van der Waals surface area contributed by atoms with Crippen molar-refractivity contribution in [2.24, 2.45) is 0 Å². The molecule has 2 aromatic carbocycles. The van der Waals surface area contributed by atoms with Gasteiger partial charge in [0.05, 0.1) is 12.6 Å². The van der Waals surface area contributed by atoms with Gasteiger partial charge in [-0.25, -0.2) is 0 Å². The van der Waals surface area contributed by atoms with Crippen LogP contribution in [-0.2, 0) is 9.53 Å². The summed E-state index contributed by atoms with van der Waals surface area (Å²) >= 11 is 0. The Morgan fingerprint density at radius 1 is 1.16 bits per heavy atom.